The Labute approximate surface area is 154 Å². The zero-order valence-electron chi connectivity index (χ0n) is 15.3. The molecule has 2 aromatic rings. The Hall–Kier alpha value is -1.92. The predicted octanol–water partition coefficient (Wildman–Crippen LogP) is 1.39. The number of aromatic nitrogens is 2. The summed E-state index contributed by atoms with van der Waals surface area (Å²) >= 11 is 0. The van der Waals surface area contributed by atoms with Crippen molar-refractivity contribution in [3.05, 3.63) is 35.7 Å². The second kappa shape index (κ2) is 6.67. The van der Waals surface area contributed by atoms with E-state index in [1.165, 1.54) is 36.0 Å². The van der Waals surface area contributed by atoms with Gasteiger partial charge in [0.05, 0.1) is 17.8 Å². The van der Waals surface area contributed by atoms with Gasteiger partial charge >= 0.3 is 0 Å². The molecule has 0 bridgehead atoms. The molecule has 2 aromatic heterocycles. The number of pyridine rings is 1. The summed E-state index contributed by atoms with van der Waals surface area (Å²) in [4.78, 5) is 19.7. The molecule has 5 rings (SSSR count). The number of rotatable bonds is 3. The summed E-state index contributed by atoms with van der Waals surface area (Å²) < 4.78 is 1.97. The first-order valence-corrected chi connectivity index (χ1v) is 9.97. The van der Waals surface area contributed by atoms with Gasteiger partial charge in [-0.2, -0.15) is 5.10 Å². The molecule has 0 aromatic carbocycles. The van der Waals surface area contributed by atoms with Crippen molar-refractivity contribution in [3.8, 4) is 0 Å². The molecule has 3 aliphatic rings. The first-order valence-electron chi connectivity index (χ1n) is 9.97. The molecule has 2 aliphatic heterocycles. The first-order chi connectivity index (χ1) is 12.8. The van der Waals surface area contributed by atoms with Crippen molar-refractivity contribution in [1.29, 1.82) is 0 Å². The molecule has 1 amide bonds. The van der Waals surface area contributed by atoms with Crippen molar-refractivity contribution in [2.45, 2.75) is 38.3 Å². The first kappa shape index (κ1) is 16.3. The molecule has 138 valence electrons. The molecule has 2 fully saturated rings. The highest BCUT2D eigenvalue weighted by molar-refractivity contribution is 5.78. The number of piperazine rings is 1. The Bertz CT molecular complexity index is 804. The smallest absolute Gasteiger partial charge is 0.236 e. The zero-order valence-corrected chi connectivity index (χ0v) is 15.3. The lowest BCUT2D eigenvalue weighted by Crippen LogP contribution is -2.55. The fourth-order valence-electron chi connectivity index (χ4n) is 4.55. The minimum Gasteiger partial charge on any atom is -0.339 e. The van der Waals surface area contributed by atoms with Gasteiger partial charge < -0.3 is 4.90 Å². The number of hydrogen-bond acceptors (Lipinski definition) is 4. The van der Waals surface area contributed by atoms with E-state index in [1.807, 2.05) is 16.8 Å². The minimum absolute atomic E-state index is 0.290. The molecule has 6 nitrogen and oxygen atoms in total. The molecule has 1 aliphatic carbocycles. The van der Waals surface area contributed by atoms with Crippen LogP contribution in [0.25, 0.3) is 5.52 Å². The molecule has 6 heteroatoms. The molecule has 4 heterocycles. The predicted molar refractivity (Wildman–Crippen MR) is 100.0 cm³/mol. The van der Waals surface area contributed by atoms with Crippen molar-refractivity contribution < 1.29 is 4.79 Å². The van der Waals surface area contributed by atoms with Crippen molar-refractivity contribution in [2.75, 3.05) is 39.3 Å². The van der Waals surface area contributed by atoms with Gasteiger partial charge in [0.15, 0.2) is 0 Å². The lowest BCUT2D eigenvalue weighted by molar-refractivity contribution is -0.135. The summed E-state index contributed by atoms with van der Waals surface area (Å²) in [6, 6.07) is 6.99. The summed E-state index contributed by atoms with van der Waals surface area (Å²) in [5.74, 6) is 0.290. The molecule has 0 spiro atoms. The average Bonchev–Trinajstić information content (AvgIpc) is 2.99. The third-order valence-corrected chi connectivity index (χ3v) is 6.39. The fourth-order valence-corrected chi connectivity index (χ4v) is 4.55. The van der Waals surface area contributed by atoms with Crippen molar-refractivity contribution >= 4 is 11.4 Å². The van der Waals surface area contributed by atoms with Gasteiger partial charge in [-0.15, -0.1) is 0 Å². The Balaban J connectivity index is 1.20. The van der Waals surface area contributed by atoms with Gasteiger partial charge in [-0.25, -0.2) is 4.52 Å². The van der Waals surface area contributed by atoms with Crippen LogP contribution in [0.2, 0.25) is 0 Å². The Morgan fingerprint density at radius 2 is 1.96 bits per heavy atom. The normalized spacial score (nSPS) is 22.4. The number of carbonyl (C=O) groups excluding carboxylic acids is 1. The van der Waals surface area contributed by atoms with Crippen LogP contribution in [0.3, 0.4) is 0 Å². The van der Waals surface area contributed by atoms with Crippen LogP contribution in [0.4, 0.5) is 0 Å². The van der Waals surface area contributed by atoms with E-state index in [9.17, 15) is 4.79 Å². The second-order valence-corrected chi connectivity index (χ2v) is 7.92. The molecule has 0 unspecified atom stereocenters. The summed E-state index contributed by atoms with van der Waals surface area (Å²) in [5, 5.41) is 4.68. The summed E-state index contributed by atoms with van der Waals surface area (Å²) in [5.41, 5.74) is 3.65. The van der Waals surface area contributed by atoms with Gasteiger partial charge in [0, 0.05) is 63.5 Å². The van der Waals surface area contributed by atoms with Crippen molar-refractivity contribution in [1.82, 2.24) is 24.3 Å². The van der Waals surface area contributed by atoms with Crippen molar-refractivity contribution in [2.24, 2.45) is 0 Å². The lowest BCUT2D eigenvalue weighted by Gasteiger charge is -2.43. The van der Waals surface area contributed by atoms with Crippen LogP contribution in [-0.2, 0) is 17.8 Å². The van der Waals surface area contributed by atoms with Gasteiger partial charge in [0.25, 0.3) is 0 Å². The van der Waals surface area contributed by atoms with Crippen molar-refractivity contribution in [3.63, 3.8) is 0 Å². The van der Waals surface area contributed by atoms with Gasteiger partial charge in [-0.1, -0.05) is 12.5 Å². The van der Waals surface area contributed by atoms with Gasteiger partial charge in [0.1, 0.15) is 0 Å². The van der Waals surface area contributed by atoms with Crippen LogP contribution in [0.5, 0.6) is 0 Å². The fraction of sp³-hybridized carbons (Fsp3) is 0.600. The second-order valence-electron chi connectivity index (χ2n) is 7.92. The third kappa shape index (κ3) is 2.91. The zero-order chi connectivity index (χ0) is 17.5. The van der Waals surface area contributed by atoms with Crippen LogP contribution >= 0.6 is 0 Å². The lowest BCUT2D eigenvalue weighted by atomic mass is 9.91. The van der Waals surface area contributed by atoms with Crippen LogP contribution in [0, 0.1) is 0 Å². The molecule has 0 N–H and O–H groups in total. The van der Waals surface area contributed by atoms with Gasteiger partial charge in [0.2, 0.25) is 5.91 Å². The topological polar surface area (TPSA) is 44.1 Å². The summed E-state index contributed by atoms with van der Waals surface area (Å²) in [6.45, 7) is 6.17. The molecular formula is C20H27N5O. The highest BCUT2D eigenvalue weighted by atomic mass is 16.2. The third-order valence-electron chi connectivity index (χ3n) is 6.39. The summed E-state index contributed by atoms with van der Waals surface area (Å²) in [6.07, 6.45) is 7.02. The maximum atomic E-state index is 12.8. The van der Waals surface area contributed by atoms with Crippen LogP contribution in [-0.4, -0.2) is 75.5 Å². The van der Waals surface area contributed by atoms with E-state index in [2.05, 4.69) is 31.9 Å². The Morgan fingerprint density at radius 1 is 1.12 bits per heavy atom. The number of hydrogen-bond donors (Lipinski definition) is 0. The number of nitrogens with zero attached hydrogens (tertiary/aromatic N) is 5. The Kier molecular flexibility index (Phi) is 4.17. The number of fused-ring (bicyclic) bond motifs is 3. The monoisotopic (exact) mass is 353 g/mol. The highest BCUT2D eigenvalue weighted by Crippen LogP contribution is 2.26. The largest absolute Gasteiger partial charge is 0.339 e. The van der Waals surface area contributed by atoms with Crippen LogP contribution in [0.15, 0.2) is 24.4 Å². The Morgan fingerprint density at radius 3 is 2.73 bits per heavy atom. The van der Waals surface area contributed by atoms with Crippen LogP contribution in [0.1, 0.15) is 30.5 Å². The van der Waals surface area contributed by atoms with E-state index >= 15 is 0 Å². The molecule has 1 saturated heterocycles. The van der Waals surface area contributed by atoms with E-state index in [4.69, 9.17) is 0 Å². The molecule has 0 atom stereocenters. The minimum atomic E-state index is 0.290. The quantitative estimate of drug-likeness (QED) is 0.836. The van der Waals surface area contributed by atoms with Gasteiger partial charge in [-0.05, 0) is 25.0 Å². The highest BCUT2D eigenvalue weighted by Gasteiger charge is 2.30. The average molecular weight is 353 g/mol. The maximum absolute atomic E-state index is 12.8. The number of carbonyl (C=O) groups is 1. The molecule has 26 heavy (non-hydrogen) atoms. The van der Waals surface area contributed by atoms with E-state index < -0.39 is 0 Å². The molecule has 1 saturated carbocycles. The van der Waals surface area contributed by atoms with E-state index in [0.29, 0.717) is 6.54 Å². The molecular weight excluding hydrogens is 326 g/mol. The number of amides is 1. The van der Waals surface area contributed by atoms with E-state index in [0.717, 1.165) is 51.7 Å². The maximum Gasteiger partial charge on any atom is 0.236 e. The van der Waals surface area contributed by atoms with E-state index in [-0.39, 0.29) is 5.91 Å². The SMILES string of the molecule is O=C(CN1CCc2nn3ccccc3c2C1)N1CCN(C2CCC2)CC1. The standard InChI is InChI=1S/C20H27N5O/c26-20(24-12-10-23(11-13-24)16-4-3-5-16)15-22-9-7-18-17(14-22)19-6-1-2-8-25(19)21-18/h1-2,6,8,16H,3-5,7,9-15H2. The van der Waals surface area contributed by atoms with E-state index in [1.54, 1.807) is 0 Å². The summed E-state index contributed by atoms with van der Waals surface area (Å²) in [7, 11) is 0. The molecule has 0 radical (unpaired) electrons. The van der Waals surface area contributed by atoms with Gasteiger partial charge in [-0.3, -0.25) is 14.6 Å². The van der Waals surface area contributed by atoms with Crippen LogP contribution < -0.4 is 0 Å².